The van der Waals surface area contributed by atoms with Crippen LogP contribution in [0.3, 0.4) is 0 Å². The maximum atomic E-state index is 9.41. The summed E-state index contributed by atoms with van der Waals surface area (Å²) in [4.78, 5) is 11.8. The molecule has 2 aliphatic heterocycles. The van der Waals surface area contributed by atoms with E-state index in [0.717, 1.165) is 45.1 Å². The lowest BCUT2D eigenvalue weighted by atomic mass is 10.0. The second-order valence-electron chi connectivity index (χ2n) is 6.95. The van der Waals surface area contributed by atoms with Crippen LogP contribution in [0.4, 0.5) is 5.82 Å². The molecule has 5 heteroatoms. The topological polar surface area (TPSA) is 42.8 Å². The van der Waals surface area contributed by atoms with Crippen LogP contribution in [-0.4, -0.2) is 72.3 Å². The minimum Gasteiger partial charge on any atom is -0.395 e. The average Bonchev–Trinajstić information content (AvgIpc) is 3.10. The van der Waals surface area contributed by atoms with Gasteiger partial charge in [-0.1, -0.05) is 6.07 Å². The van der Waals surface area contributed by atoms with E-state index in [1.165, 1.54) is 31.2 Å². The lowest BCUT2D eigenvalue weighted by molar-refractivity contribution is 0.0940. The van der Waals surface area contributed by atoms with Gasteiger partial charge < -0.3 is 14.9 Å². The largest absolute Gasteiger partial charge is 0.395 e. The molecule has 128 valence electrons. The Hall–Kier alpha value is -1.17. The van der Waals surface area contributed by atoms with Gasteiger partial charge in [-0.2, -0.15) is 0 Å². The number of hydrogen-bond acceptors (Lipinski definition) is 5. The number of anilines is 1. The Morgan fingerprint density at radius 2 is 1.91 bits per heavy atom. The van der Waals surface area contributed by atoms with E-state index in [4.69, 9.17) is 0 Å². The van der Waals surface area contributed by atoms with Gasteiger partial charge >= 0.3 is 0 Å². The van der Waals surface area contributed by atoms with Crippen molar-refractivity contribution in [3.63, 3.8) is 0 Å². The molecular formula is C18H30N4O. The van der Waals surface area contributed by atoms with Crippen molar-refractivity contribution >= 4 is 5.82 Å². The molecule has 1 aromatic heterocycles. The Morgan fingerprint density at radius 3 is 2.52 bits per heavy atom. The van der Waals surface area contributed by atoms with Crippen LogP contribution in [0, 0.1) is 0 Å². The van der Waals surface area contributed by atoms with E-state index < -0.39 is 0 Å². The Labute approximate surface area is 139 Å². The molecule has 3 heterocycles. The first-order chi connectivity index (χ1) is 11.3. The van der Waals surface area contributed by atoms with Crippen LogP contribution in [0.2, 0.25) is 0 Å². The molecule has 0 bridgehead atoms. The second kappa shape index (κ2) is 8.08. The Kier molecular flexibility index (Phi) is 5.86. The molecule has 23 heavy (non-hydrogen) atoms. The van der Waals surface area contributed by atoms with Gasteiger partial charge in [0, 0.05) is 38.4 Å². The van der Waals surface area contributed by atoms with Crippen LogP contribution in [0.5, 0.6) is 0 Å². The van der Waals surface area contributed by atoms with Crippen molar-refractivity contribution in [2.75, 3.05) is 51.3 Å². The number of aromatic nitrogens is 1. The van der Waals surface area contributed by atoms with E-state index in [0.29, 0.717) is 6.04 Å². The summed E-state index contributed by atoms with van der Waals surface area (Å²) in [6.07, 6.45) is 6.96. The van der Waals surface area contributed by atoms with Crippen molar-refractivity contribution in [1.82, 2.24) is 14.8 Å². The van der Waals surface area contributed by atoms with Gasteiger partial charge in [0.15, 0.2) is 0 Å². The van der Waals surface area contributed by atoms with E-state index in [1.54, 1.807) is 0 Å². The number of pyridine rings is 1. The maximum Gasteiger partial charge on any atom is 0.128 e. The van der Waals surface area contributed by atoms with E-state index >= 15 is 0 Å². The van der Waals surface area contributed by atoms with Crippen LogP contribution in [0.15, 0.2) is 18.3 Å². The highest BCUT2D eigenvalue weighted by atomic mass is 16.3. The quantitative estimate of drug-likeness (QED) is 0.862. The number of aliphatic hydroxyl groups excluding tert-OH is 1. The number of aliphatic hydroxyl groups is 1. The van der Waals surface area contributed by atoms with Gasteiger partial charge in [0.1, 0.15) is 5.82 Å². The molecule has 2 saturated heterocycles. The molecule has 1 N–H and O–H groups in total. The van der Waals surface area contributed by atoms with Gasteiger partial charge in [0.25, 0.3) is 0 Å². The first-order valence-corrected chi connectivity index (χ1v) is 8.99. The third-order valence-electron chi connectivity index (χ3n) is 5.22. The molecule has 5 nitrogen and oxygen atoms in total. The van der Waals surface area contributed by atoms with Crippen molar-refractivity contribution in [1.29, 1.82) is 0 Å². The molecule has 3 rings (SSSR count). The number of likely N-dealkylation sites (tertiary alicyclic amines) is 1. The summed E-state index contributed by atoms with van der Waals surface area (Å²) in [6.45, 7) is 6.45. The molecular weight excluding hydrogens is 288 g/mol. The van der Waals surface area contributed by atoms with Crippen molar-refractivity contribution in [3.05, 3.63) is 23.9 Å². The standard InChI is InChI=1S/C18H30N4O/c1-20-10-6-17(7-11-20)22(12-13-23)15-16-4-5-18(19-14-16)21-8-2-3-9-21/h4-5,14,17,23H,2-3,6-13,15H2,1H3. The molecule has 2 fully saturated rings. The van der Waals surface area contributed by atoms with Gasteiger partial charge in [0.2, 0.25) is 0 Å². The summed E-state index contributed by atoms with van der Waals surface area (Å²) in [5, 5.41) is 9.41. The molecule has 0 aliphatic carbocycles. The fourth-order valence-corrected chi connectivity index (χ4v) is 3.76. The van der Waals surface area contributed by atoms with E-state index in [1.807, 2.05) is 6.20 Å². The lowest BCUT2D eigenvalue weighted by Crippen LogP contribution is -2.44. The molecule has 2 aliphatic rings. The van der Waals surface area contributed by atoms with Crippen LogP contribution in [0.1, 0.15) is 31.2 Å². The monoisotopic (exact) mass is 318 g/mol. The predicted octanol–water partition coefficient (Wildman–Crippen LogP) is 1.57. The Bertz CT molecular complexity index is 464. The molecule has 1 aromatic rings. The molecule has 0 unspecified atom stereocenters. The number of piperidine rings is 1. The summed E-state index contributed by atoms with van der Waals surface area (Å²) < 4.78 is 0. The van der Waals surface area contributed by atoms with Crippen molar-refractivity contribution in [2.24, 2.45) is 0 Å². The third kappa shape index (κ3) is 4.43. The van der Waals surface area contributed by atoms with Gasteiger partial charge in [-0.3, -0.25) is 4.90 Å². The fourth-order valence-electron chi connectivity index (χ4n) is 3.76. The van der Waals surface area contributed by atoms with Crippen LogP contribution < -0.4 is 4.90 Å². The summed E-state index contributed by atoms with van der Waals surface area (Å²) in [6, 6.07) is 4.95. The number of nitrogens with zero attached hydrogens (tertiary/aromatic N) is 4. The van der Waals surface area contributed by atoms with E-state index in [-0.39, 0.29) is 6.61 Å². The highest BCUT2D eigenvalue weighted by molar-refractivity contribution is 5.40. The lowest BCUT2D eigenvalue weighted by Gasteiger charge is -2.37. The van der Waals surface area contributed by atoms with Gasteiger partial charge in [0.05, 0.1) is 6.61 Å². The Morgan fingerprint density at radius 1 is 1.17 bits per heavy atom. The summed E-state index contributed by atoms with van der Waals surface area (Å²) in [5.41, 5.74) is 1.25. The van der Waals surface area contributed by atoms with Crippen molar-refractivity contribution < 1.29 is 5.11 Å². The summed E-state index contributed by atoms with van der Waals surface area (Å²) >= 11 is 0. The molecule has 0 aromatic carbocycles. The van der Waals surface area contributed by atoms with Gasteiger partial charge in [-0.05, 0) is 57.5 Å². The normalized spacial score (nSPS) is 20.6. The maximum absolute atomic E-state index is 9.41. The van der Waals surface area contributed by atoms with Crippen LogP contribution >= 0.6 is 0 Å². The average molecular weight is 318 g/mol. The Balaban J connectivity index is 1.60. The van der Waals surface area contributed by atoms with E-state index in [2.05, 4.69) is 38.9 Å². The third-order valence-corrected chi connectivity index (χ3v) is 5.22. The smallest absolute Gasteiger partial charge is 0.128 e. The van der Waals surface area contributed by atoms with Crippen LogP contribution in [0.25, 0.3) is 0 Å². The number of hydrogen-bond donors (Lipinski definition) is 1. The van der Waals surface area contributed by atoms with Gasteiger partial charge in [-0.15, -0.1) is 0 Å². The second-order valence-corrected chi connectivity index (χ2v) is 6.95. The molecule has 0 atom stereocenters. The van der Waals surface area contributed by atoms with E-state index in [9.17, 15) is 5.11 Å². The zero-order valence-electron chi connectivity index (χ0n) is 14.3. The zero-order chi connectivity index (χ0) is 16.1. The van der Waals surface area contributed by atoms with Crippen LogP contribution in [-0.2, 0) is 6.54 Å². The van der Waals surface area contributed by atoms with Crippen molar-refractivity contribution in [2.45, 2.75) is 38.3 Å². The minimum absolute atomic E-state index is 0.228. The molecule has 0 amide bonds. The highest BCUT2D eigenvalue weighted by Crippen LogP contribution is 2.20. The fraction of sp³-hybridized carbons (Fsp3) is 0.722. The predicted molar refractivity (Wildman–Crippen MR) is 93.7 cm³/mol. The minimum atomic E-state index is 0.228. The highest BCUT2D eigenvalue weighted by Gasteiger charge is 2.23. The zero-order valence-corrected chi connectivity index (χ0v) is 14.3. The molecule has 0 spiro atoms. The first-order valence-electron chi connectivity index (χ1n) is 8.99. The summed E-state index contributed by atoms with van der Waals surface area (Å²) in [7, 11) is 2.19. The number of rotatable bonds is 6. The first kappa shape index (κ1) is 16.7. The van der Waals surface area contributed by atoms with Gasteiger partial charge in [-0.25, -0.2) is 4.98 Å². The summed E-state index contributed by atoms with van der Waals surface area (Å²) in [5.74, 6) is 1.11. The molecule has 0 saturated carbocycles. The SMILES string of the molecule is CN1CCC(N(CCO)Cc2ccc(N3CCCC3)nc2)CC1. The van der Waals surface area contributed by atoms with Crippen molar-refractivity contribution in [3.8, 4) is 0 Å². The molecule has 0 radical (unpaired) electrons.